The Morgan fingerprint density at radius 3 is 2.56 bits per heavy atom. The Hall–Kier alpha value is -1.95. The fourth-order valence-corrected chi connectivity index (χ4v) is 4.02. The van der Waals surface area contributed by atoms with Crippen LogP contribution in [0, 0.1) is 11.7 Å². The minimum Gasteiger partial charge on any atom is -0.353 e. The smallest absolute Gasteiger partial charge is 0.224 e. The summed E-state index contributed by atoms with van der Waals surface area (Å²) in [4.78, 5) is 27.9. The molecule has 0 aromatic heterocycles. The summed E-state index contributed by atoms with van der Waals surface area (Å²) in [5.74, 6) is 0.539. The Balaban J connectivity index is 1.34. The number of carbonyl (C=O) groups excluding carboxylic acids is 2. The van der Waals surface area contributed by atoms with E-state index in [0.29, 0.717) is 18.8 Å². The molecular formula is C21H30FN3O2. The second-order valence-corrected chi connectivity index (χ2v) is 7.94. The first kappa shape index (κ1) is 19.8. The Bertz CT molecular complexity index is 641. The average Bonchev–Trinajstić information content (AvgIpc) is 3.07. The third kappa shape index (κ3) is 6.03. The molecule has 2 amide bonds. The van der Waals surface area contributed by atoms with E-state index >= 15 is 0 Å². The van der Waals surface area contributed by atoms with E-state index in [1.54, 1.807) is 0 Å². The standard InChI is InChI=1S/C21H30FN3O2/c1-24(21(27)14-19-6-7-20(26)23-19)15-17-9-12-25(13-10-17)11-8-16-2-4-18(22)5-3-16/h2-5,17,19H,6-15H2,1H3,(H,23,26)/t19-/m0/s1. The first-order valence-corrected chi connectivity index (χ1v) is 9.99. The second kappa shape index (κ2) is 9.31. The van der Waals surface area contributed by atoms with Crippen LogP contribution in [0.5, 0.6) is 0 Å². The van der Waals surface area contributed by atoms with Gasteiger partial charge in [0.25, 0.3) is 0 Å². The summed E-state index contributed by atoms with van der Waals surface area (Å²) >= 11 is 0. The van der Waals surface area contributed by atoms with Gasteiger partial charge in [-0.05, 0) is 62.4 Å². The van der Waals surface area contributed by atoms with Gasteiger partial charge >= 0.3 is 0 Å². The molecule has 1 aromatic carbocycles. The molecule has 2 aliphatic heterocycles. The van der Waals surface area contributed by atoms with E-state index in [9.17, 15) is 14.0 Å². The van der Waals surface area contributed by atoms with Crippen molar-refractivity contribution in [2.24, 2.45) is 5.92 Å². The van der Waals surface area contributed by atoms with Gasteiger partial charge in [0, 0.05) is 39.0 Å². The summed E-state index contributed by atoms with van der Waals surface area (Å²) in [7, 11) is 1.88. The van der Waals surface area contributed by atoms with Crippen LogP contribution in [-0.2, 0) is 16.0 Å². The molecule has 0 bridgehead atoms. The molecule has 27 heavy (non-hydrogen) atoms. The van der Waals surface area contributed by atoms with Crippen LogP contribution in [0.15, 0.2) is 24.3 Å². The lowest BCUT2D eigenvalue weighted by atomic mass is 9.95. The van der Waals surface area contributed by atoms with Crippen molar-refractivity contribution >= 4 is 11.8 Å². The van der Waals surface area contributed by atoms with Gasteiger partial charge in [0.15, 0.2) is 0 Å². The third-order valence-corrected chi connectivity index (χ3v) is 5.80. The molecule has 1 atom stereocenters. The fourth-order valence-electron chi connectivity index (χ4n) is 4.02. The maximum Gasteiger partial charge on any atom is 0.224 e. The molecule has 2 aliphatic rings. The van der Waals surface area contributed by atoms with E-state index < -0.39 is 0 Å². The number of nitrogens with zero attached hydrogens (tertiary/aromatic N) is 2. The molecule has 0 radical (unpaired) electrons. The number of rotatable bonds is 7. The highest BCUT2D eigenvalue weighted by molar-refractivity contribution is 5.81. The number of hydrogen-bond donors (Lipinski definition) is 1. The van der Waals surface area contributed by atoms with Crippen LogP contribution >= 0.6 is 0 Å². The zero-order valence-corrected chi connectivity index (χ0v) is 16.1. The number of piperidine rings is 1. The predicted molar refractivity (Wildman–Crippen MR) is 103 cm³/mol. The first-order valence-electron chi connectivity index (χ1n) is 9.99. The van der Waals surface area contributed by atoms with Gasteiger partial charge in [-0.25, -0.2) is 4.39 Å². The lowest BCUT2D eigenvalue weighted by molar-refractivity contribution is -0.131. The summed E-state index contributed by atoms with van der Waals surface area (Å²) in [6.45, 7) is 3.89. The highest BCUT2D eigenvalue weighted by Gasteiger charge is 2.26. The summed E-state index contributed by atoms with van der Waals surface area (Å²) in [6.07, 6.45) is 4.86. The summed E-state index contributed by atoms with van der Waals surface area (Å²) in [5.41, 5.74) is 1.17. The van der Waals surface area contributed by atoms with Crippen LogP contribution in [0.25, 0.3) is 0 Å². The molecule has 3 rings (SSSR count). The lowest BCUT2D eigenvalue weighted by Crippen LogP contribution is -2.41. The predicted octanol–water partition coefficient (Wildman–Crippen LogP) is 2.21. The van der Waals surface area contributed by atoms with Crippen LogP contribution in [-0.4, -0.2) is 60.9 Å². The maximum atomic E-state index is 13.0. The minimum atomic E-state index is -0.187. The largest absolute Gasteiger partial charge is 0.353 e. The highest BCUT2D eigenvalue weighted by atomic mass is 19.1. The summed E-state index contributed by atoms with van der Waals surface area (Å²) < 4.78 is 13.0. The lowest BCUT2D eigenvalue weighted by Gasteiger charge is -2.34. The van der Waals surface area contributed by atoms with Gasteiger partial charge in [0.05, 0.1) is 0 Å². The summed E-state index contributed by atoms with van der Waals surface area (Å²) in [5, 5.41) is 2.87. The van der Waals surface area contributed by atoms with E-state index in [2.05, 4.69) is 10.2 Å². The van der Waals surface area contributed by atoms with E-state index in [-0.39, 0.29) is 23.7 Å². The molecule has 1 N–H and O–H groups in total. The van der Waals surface area contributed by atoms with E-state index in [0.717, 1.165) is 51.9 Å². The quantitative estimate of drug-likeness (QED) is 0.795. The Morgan fingerprint density at radius 2 is 1.93 bits per heavy atom. The van der Waals surface area contributed by atoms with Gasteiger partial charge in [-0.2, -0.15) is 0 Å². The summed E-state index contributed by atoms with van der Waals surface area (Å²) in [6, 6.07) is 6.77. The maximum absolute atomic E-state index is 13.0. The second-order valence-electron chi connectivity index (χ2n) is 7.94. The zero-order valence-electron chi connectivity index (χ0n) is 16.1. The van der Waals surface area contributed by atoms with Crippen molar-refractivity contribution in [1.82, 2.24) is 15.1 Å². The van der Waals surface area contributed by atoms with Crippen LogP contribution in [0.4, 0.5) is 4.39 Å². The van der Waals surface area contributed by atoms with Gasteiger partial charge in [0.2, 0.25) is 11.8 Å². The molecule has 2 saturated heterocycles. The van der Waals surface area contributed by atoms with Gasteiger partial charge in [-0.3, -0.25) is 9.59 Å². The van der Waals surface area contributed by atoms with Crippen LogP contribution in [0.3, 0.4) is 0 Å². The first-order chi connectivity index (χ1) is 13.0. The zero-order chi connectivity index (χ0) is 19.2. The number of benzene rings is 1. The third-order valence-electron chi connectivity index (χ3n) is 5.80. The number of hydrogen-bond acceptors (Lipinski definition) is 3. The fraction of sp³-hybridized carbons (Fsp3) is 0.619. The molecule has 148 valence electrons. The van der Waals surface area contributed by atoms with Crippen molar-refractivity contribution in [3.05, 3.63) is 35.6 Å². The van der Waals surface area contributed by atoms with E-state index in [1.165, 1.54) is 17.7 Å². The van der Waals surface area contributed by atoms with Crippen molar-refractivity contribution in [2.75, 3.05) is 33.2 Å². The van der Waals surface area contributed by atoms with Gasteiger partial charge in [-0.15, -0.1) is 0 Å². The molecule has 1 aromatic rings. The van der Waals surface area contributed by atoms with Crippen molar-refractivity contribution in [3.63, 3.8) is 0 Å². The number of likely N-dealkylation sites (tertiary alicyclic amines) is 1. The normalized spacial score (nSPS) is 21.3. The molecule has 0 saturated carbocycles. The van der Waals surface area contributed by atoms with Crippen molar-refractivity contribution in [2.45, 2.75) is 44.6 Å². The monoisotopic (exact) mass is 375 g/mol. The van der Waals surface area contributed by atoms with Crippen molar-refractivity contribution in [1.29, 1.82) is 0 Å². The molecule has 0 spiro atoms. The van der Waals surface area contributed by atoms with Gasteiger partial charge in [0.1, 0.15) is 5.82 Å². The Kier molecular flexibility index (Phi) is 6.83. The molecular weight excluding hydrogens is 345 g/mol. The number of halogens is 1. The Labute approximate surface area is 160 Å². The highest BCUT2D eigenvalue weighted by Crippen LogP contribution is 2.19. The topological polar surface area (TPSA) is 52.7 Å². The number of nitrogens with one attached hydrogen (secondary N) is 1. The molecule has 2 fully saturated rings. The van der Waals surface area contributed by atoms with Crippen LogP contribution in [0.2, 0.25) is 0 Å². The van der Waals surface area contributed by atoms with E-state index in [1.807, 2.05) is 24.1 Å². The van der Waals surface area contributed by atoms with E-state index in [4.69, 9.17) is 0 Å². The average molecular weight is 375 g/mol. The molecule has 2 heterocycles. The number of carbonyl (C=O) groups is 2. The van der Waals surface area contributed by atoms with Gasteiger partial charge < -0.3 is 15.1 Å². The SMILES string of the molecule is CN(CC1CCN(CCc2ccc(F)cc2)CC1)C(=O)C[C@@H]1CCC(=O)N1. The van der Waals surface area contributed by atoms with Crippen LogP contribution in [0.1, 0.15) is 37.7 Å². The molecule has 5 nitrogen and oxygen atoms in total. The van der Waals surface area contributed by atoms with Crippen LogP contribution < -0.4 is 5.32 Å². The molecule has 0 aliphatic carbocycles. The molecule has 0 unspecified atom stereocenters. The van der Waals surface area contributed by atoms with Gasteiger partial charge in [-0.1, -0.05) is 12.1 Å². The minimum absolute atomic E-state index is 0.0146. The van der Waals surface area contributed by atoms with Crippen molar-refractivity contribution in [3.8, 4) is 0 Å². The molecule has 6 heteroatoms. The Morgan fingerprint density at radius 1 is 1.22 bits per heavy atom. The van der Waals surface area contributed by atoms with Crippen molar-refractivity contribution < 1.29 is 14.0 Å². The number of amides is 2.